The average Bonchev–Trinajstić information content (AvgIpc) is 2.37. The summed E-state index contributed by atoms with van der Waals surface area (Å²) >= 11 is 0. The van der Waals surface area contributed by atoms with Gasteiger partial charge in [0, 0.05) is 0 Å². The van der Waals surface area contributed by atoms with Crippen molar-refractivity contribution >= 4 is 17.5 Å². The van der Waals surface area contributed by atoms with Gasteiger partial charge in [0.05, 0.1) is 24.3 Å². The summed E-state index contributed by atoms with van der Waals surface area (Å²) < 4.78 is 38.4. The Morgan fingerprint density at radius 2 is 2.05 bits per heavy atom. The molecule has 1 aromatic rings. The molecule has 114 valence electrons. The van der Waals surface area contributed by atoms with Gasteiger partial charge in [0.25, 0.3) is 11.8 Å². The number of nitrogens with one attached hydrogen (secondary N) is 3. The van der Waals surface area contributed by atoms with E-state index in [1.54, 1.807) is 0 Å². The molecule has 2 amide bonds. The summed E-state index contributed by atoms with van der Waals surface area (Å²) in [4.78, 5) is 23.7. The van der Waals surface area contributed by atoms with E-state index < -0.39 is 17.6 Å². The van der Waals surface area contributed by atoms with Gasteiger partial charge in [-0.15, -0.1) is 0 Å². The van der Waals surface area contributed by atoms with E-state index in [1.807, 2.05) is 0 Å². The number of quaternary nitrogens is 1. The third kappa shape index (κ3) is 4.19. The minimum Gasteiger partial charge on any atom is -0.346 e. The van der Waals surface area contributed by atoms with Crippen LogP contribution in [0.1, 0.15) is 5.56 Å². The highest BCUT2D eigenvalue weighted by molar-refractivity contribution is 5.92. The molecule has 0 radical (unpaired) electrons. The molecule has 1 fully saturated rings. The zero-order valence-electron chi connectivity index (χ0n) is 11.1. The molecule has 1 aliphatic heterocycles. The van der Waals surface area contributed by atoms with E-state index in [4.69, 9.17) is 0 Å². The van der Waals surface area contributed by atoms with Crippen LogP contribution in [-0.4, -0.2) is 38.0 Å². The van der Waals surface area contributed by atoms with E-state index in [-0.39, 0.29) is 24.7 Å². The van der Waals surface area contributed by atoms with Crippen LogP contribution in [-0.2, 0) is 15.8 Å². The zero-order valence-corrected chi connectivity index (χ0v) is 11.1. The van der Waals surface area contributed by atoms with E-state index in [1.165, 1.54) is 18.2 Å². The number of alkyl halides is 3. The van der Waals surface area contributed by atoms with Crippen LogP contribution in [0.15, 0.2) is 24.3 Å². The predicted octanol–water partition coefficient (Wildman–Crippen LogP) is -0.341. The number of hydrogen-bond donors (Lipinski definition) is 3. The van der Waals surface area contributed by atoms with Crippen LogP contribution < -0.4 is 15.5 Å². The topological polar surface area (TPSA) is 62.6 Å². The Balaban J connectivity index is 2.01. The van der Waals surface area contributed by atoms with Crippen molar-refractivity contribution in [2.75, 3.05) is 31.5 Å². The summed E-state index contributed by atoms with van der Waals surface area (Å²) in [5.74, 6) is -0.712. The largest absolute Gasteiger partial charge is 0.418 e. The van der Waals surface area contributed by atoms with Crippen molar-refractivity contribution in [3.05, 3.63) is 29.8 Å². The molecule has 0 aromatic heterocycles. The van der Waals surface area contributed by atoms with Crippen LogP contribution in [0, 0.1) is 0 Å². The van der Waals surface area contributed by atoms with Gasteiger partial charge >= 0.3 is 6.18 Å². The quantitative estimate of drug-likeness (QED) is 0.715. The maximum Gasteiger partial charge on any atom is 0.418 e. The van der Waals surface area contributed by atoms with Gasteiger partial charge in [0.2, 0.25) is 0 Å². The Kier molecular flexibility index (Phi) is 4.46. The standard InChI is InChI=1S/C13H14F3N3O2/c14-13(15,16)9-3-1-2-4-10(9)18-12(21)8-19-6-5-17-11(20)7-19/h1-4H,5-8H2,(H,17,20)(H,18,21)/p+1. The fourth-order valence-corrected chi connectivity index (χ4v) is 2.17. The molecule has 1 unspecified atom stereocenters. The monoisotopic (exact) mass is 302 g/mol. The van der Waals surface area contributed by atoms with Crippen molar-refractivity contribution in [3.8, 4) is 0 Å². The van der Waals surface area contributed by atoms with E-state index in [9.17, 15) is 22.8 Å². The lowest BCUT2D eigenvalue weighted by atomic mass is 10.1. The number of anilines is 1. The number of benzene rings is 1. The number of carbonyl (C=O) groups is 2. The molecule has 3 N–H and O–H groups in total. The Bertz CT molecular complexity index is 546. The van der Waals surface area contributed by atoms with Crippen LogP contribution in [0.25, 0.3) is 0 Å². The van der Waals surface area contributed by atoms with Crippen molar-refractivity contribution in [2.45, 2.75) is 6.18 Å². The molecule has 1 atom stereocenters. The first-order chi connectivity index (χ1) is 9.86. The molecule has 1 aliphatic rings. The van der Waals surface area contributed by atoms with Gasteiger partial charge in [-0.05, 0) is 12.1 Å². The van der Waals surface area contributed by atoms with Crippen molar-refractivity contribution in [1.82, 2.24) is 5.32 Å². The van der Waals surface area contributed by atoms with Gasteiger partial charge in [-0.3, -0.25) is 9.59 Å². The second-order valence-corrected chi connectivity index (χ2v) is 4.80. The van der Waals surface area contributed by atoms with Gasteiger partial charge in [-0.25, -0.2) is 0 Å². The molecule has 1 aromatic carbocycles. The number of halogens is 3. The maximum atomic E-state index is 12.8. The summed E-state index contributed by atoms with van der Waals surface area (Å²) in [5.41, 5.74) is -1.15. The van der Waals surface area contributed by atoms with Gasteiger partial charge in [-0.2, -0.15) is 13.2 Å². The normalized spacial score (nSPS) is 19.0. The number of hydrogen-bond acceptors (Lipinski definition) is 2. The van der Waals surface area contributed by atoms with Crippen molar-refractivity contribution in [1.29, 1.82) is 0 Å². The smallest absolute Gasteiger partial charge is 0.346 e. The lowest BCUT2D eigenvalue weighted by Crippen LogP contribution is -3.16. The summed E-state index contributed by atoms with van der Waals surface area (Å²) in [6.45, 7) is 1.13. The molecule has 8 heteroatoms. The van der Waals surface area contributed by atoms with Crippen molar-refractivity contribution < 1.29 is 27.7 Å². The fourth-order valence-electron chi connectivity index (χ4n) is 2.17. The van der Waals surface area contributed by atoms with Gasteiger partial charge in [0.1, 0.15) is 0 Å². The Morgan fingerprint density at radius 1 is 1.33 bits per heavy atom. The maximum absolute atomic E-state index is 12.8. The predicted molar refractivity (Wildman–Crippen MR) is 68.6 cm³/mol. The molecule has 1 saturated heterocycles. The van der Waals surface area contributed by atoms with Crippen molar-refractivity contribution in [3.63, 3.8) is 0 Å². The van der Waals surface area contributed by atoms with Crippen molar-refractivity contribution in [2.24, 2.45) is 0 Å². The highest BCUT2D eigenvalue weighted by Gasteiger charge is 2.33. The number of amides is 2. The molecule has 21 heavy (non-hydrogen) atoms. The van der Waals surface area contributed by atoms with Crippen LogP contribution in [0.4, 0.5) is 18.9 Å². The third-order valence-corrected chi connectivity index (χ3v) is 3.13. The summed E-state index contributed by atoms with van der Waals surface area (Å²) in [7, 11) is 0. The first-order valence-electron chi connectivity index (χ1n) is 6.42. The SMILES string of the molecule is O=C1C[NH+](CC(=O)Nc2ccccc2C(F)(F)F)CCN1. The fraction of sp³-hybridized carbons (Fsp3) is 0.385. The van der Waals surface area contributed by atoms with E-state index in [0.29, 0.717) is 13.1 Å². The van der Waals surface area contributed by atoms with E-state index in [0.717, 1.165) is 11.0 Å². The molecule has 0 bridgehead atoms. The molecule has 1 heterocycles. The van der Waals surface area contributed by atoms with Gasteiger partial charge in [0.15, 0.2) is 13.1 Å². The summed E-state index contributed by atoms with van der Waals surface area (Å²) in [6, 6.07) is 4.81. The number of piperazine rings is 1. The summed E-state index contributed by atoms with van der Waals surface area (Å²) in [6.07, 6.45) is -4.53. The molecular weight excluding hydrogens is 287 g/mol. The van der Waals surface area contributed by atoms with Crippen LogP contribution in [0.3, 0.4) is 0 Å². The molecule has 0 spiro atoms. The second kappa shape index (κ2) is 6.13. The van der Waals surface area contributed by atoms with E-state index >= 15 is 0 Å². The summed E-state index contributed by atoms with van der Waals surface area (Å²) in [5, 5.41) is 4.89. The van der Waals surface area contributed by atoms with Crippen LogP contribution in [0.5, 0.6) is 0 Å². The highest BCUT2D eigenvalue weighted by Crippen LogP contribution is 2.34. The zero-order chi connectivity index (χ0) is 15.5. The lowest BCUT2D eigenvalue weighted by Gasteiger charge is -2.23. The van der Waals surface area contributed by atoms with Gasteiger partial charge < -0.3 is 15.5 Å². The molecule has 5 nitrogen and oxygen atoms in total. The molecule has 2 rings (SSSR count). The second-order valence-electron chi connectivity index (χ2n) is 4.80. The van der Waals surface area contributed by atoms with Crippen LogP contribution in [0.2, 0.25) is 0 Å². The molecular formula is C13H15F3N3O2+. The van der Waals surface area contributed by atoms with Gasteiger partial charge in [-0.1, -0.05) is 12.1 Å². The van der Waals surface area contributed by atoms with E-state index in [2.05, 4.69) is 10.6 Å². The Morgan fingerprint density at radius 3 is 2.71 bits per heavy atom. The Hall–Kier alpha value is -2.09. The molecule has 0 saturated carbocycles. The van der Waals surface area contributed by atoms with Crippen LogP contribution >= 0.6 is 0 Å². The average molecular weight is 302 g/mol. The lowest BCUT2D eigenvalue weighted by molar-refractivity contribution is -0.885. The highest BCUT2D eigenvalue weighted by atomic mass is 19.4. The first kappa shape index (κ1) is 15.3. The third-order valence-electron chi connectivity index (χ3n) is 3.13. The Labute approximate surface area is 119 Å². The number of para-hydroxylation sites is 1. The minimum atomic E-state index is -4.53. The number of carbonyl (C=O) groups excluding carboxylic acids is 2. The molecule has 0 aliphatic carbocycles. The first-order valence-corrected chi connectivity index (χ1v) is 6.42. The number of rotatable bonds is 3. The minimum absolute atomic E-state index is 0.0421.